The van der Waals surface area contributed by atoms with E-state index in [1.54, 1.807) is 13.2 Å². The van der Waals surface area contributed by atoms with Crippen molar-refractivity contribution in [1.29, 1.82) is 0 Å². The topological polar surface area (TPSA) is 73.0 Å². The molecule has 1 aliphatic carbocycles. The first-order chi connectivity index (χ1) is 18.5. The van der Waals surface area contributed by atoms with Crippen molar-refractivity contribution in [3.63, 3.8) is 0 Å². The zero-order valence-electron chi connectivity index (χ0n) is 20.9. The van der Waals surface area contributed by atoms with E-state index in [9.17, 15) is 9.90 Å². The lowest BCUT2D eigenvalue weighted by Gasteiger charge is -2.31. The highest BCUT2D eigenvalue weighted by Gasteiger charge is 2.34. The number of phenolic OH excluding ortho intramolecular Hbond substituents is 1. The van der Waals surface area contributed by atoms with Crippen LogP contribution in [0.3, 0.4) is 0 Å². The molecule has 1 aromatic heterocycles. The van der Waals surface area contributed by atoms with Crippen LogP contribution in [0.4, 0.5) is 0 Å². The van der Waals surface area contributed by atoms with Crippen LogP contribution in [0.5, 0.6) is 17.2 Å². The zero-order chi connectivity index (χ0) is 26.4. The fraction of sp³-hybridized carbons (Fsp3) is 0.200. The van der Waals surface area contributed by atoms with Gasteiger partial charge < -0.3 is 14.6 Å². The molecule has 38 heavy (non-hydrogen) atoms. The lowest BCUT2D eigenvalue weighted by atomic mass is 9.83. The minimum atomic E-state index is -0.313. The van der Waals surface area contributed by atoms with Crippen LogP contribution >= 0.6 is 33.9 Å². The molecular formula is C30H25IN2O4S. The third-order valence-corrected chi connectivity index (χ3v) is 8.76. The van der Waals surface area contributed by atoms with Gasteiger partial charge in [-0.2, -0.15) is 0 Å². The molecule has 6 nitrogen and oxygen atoms in total. The summed E-state index contributed by atoms with van der Waals surface area (Å²) in [6, 6.07) is 19.6. The van der Waals surface area contributed by atoms with Crippen molar-refractivity contribution in [3.8, 4) is 17.2 Å². The van der Waals surface area contributed by atoms with Gasteiger partial charge in [-0.25, -0.2) is 4.99 Å². The molecule has 0 spiro atoms. The van der Waals surface area contributed by atoms with Gasteiger partial charge in [-0.3, -0.25) is 9.36 Å². The van der Waals surface area contributed by atoms with Crippen LogP contribution in [-0.2, 0) is 6.42 Å². The number of hydrogen-bond donors (Lipinski definition) is 1. The molecule has 192 valence electrons. The average molecular weight is 637 g/mol. The number of methoxy groups -OCH3 is 1. The van der Waals surface area contributed by atoms with E-state index < -0.39 is 0 Å². The standard InChI is InChI=1S/C30H25IN2O4S/c1-3-37-24-15-17(14-22(31)28(24)34)16-25-29(35)33-27(20-10-6-7-11-23(20)36-2)21-13-12-18-8-4-5-9-19(18)26(21)32-30(33)38-25/h4-11,14-16,27,34H,3,12-13H2,1-2H3. The van der Waals surface area contributed by atoms with E-state index in [2.05, 4.69) is 40.8 Å². The molecule has 0 fully saturated rings. The van der Waals surface area contributed by atoms with Gasteiger partial charge in [0.05, 0.1) is 33.6 Å². The largest absolute Gasteiger partial charge is 0.504 e. The number of aryl methyl sites for hydroxylation is 1. The number of phenols is 1. The van der Waals surface area contributed by atoms with Crippen LogP contribution in [0.2, 0.25) is 0 Å². The minimum Gasteiger partial charge on any atom is -0.504 e. The Balaban J connectivity index is 1.61. The number of halogens is 1. The first-order valence-corrected chi connectivity index (χ1v) is 14.3. The molecule has 0 saturated heterocycles. The molecule has 2 aliphatic rings. The Labute approximate surface area is 237 Å². The summed E-state index contributed by atoms with van der Waals surface area (Å²) < 4.78 is 14.4. The van der Waals surface area contributed by atoms with E-state index >= 15 is 0 Å². The fourth-order valence-corrected chi connectivity index (χ4v) is 6.91. The molecule has 3 aromatic carbocycles. The molecular weight excluding hydrogens is 611 g/mol. The maximum atomic E-state index is 14.0. The van der Waals surface area contributed by atoms with Crippen molar-refractivity contribution in [2.75, 3.05) is 13.7 Å². The van der Waals surface area contributed by atoms with Gasteiger partial charge in [0, 0.05) is 11.1 Å². The predicted octanol–water partition coefficient (Wildman–Crippen LogP) is 5.04. The van der Waals surface area contributed by atoms with E-state index in [4.69, 9.17) is 14.5 Å². The first-order valence-electron chi connectivity index (χ1n) is 12.4. The van der Waals surface area contributed by atoms with Crippen LogP contribution in [0.25, 0.3) is 11.8 Å². The summed E-state index contributed by atoms with van der Waals surface area (Å²) in [5.41, 5.74) is 6.11. The summed E-state index contributed by atoms with van der Waals surface area (Å²) in [6.07, 6.45) is 3.56. The zero-order valence-corrected chi connectivity index (χ0v) is 23.9. The van der Waals surface area contributed by atoms with Gasteiger partial charge in [0.25, 0.3) is 5.56 Å². The van der Waals surface area contributed by atoms with Crippen LogP contribution in [-0.4, -0.2) is 23.4 Å². The third kappa shape index (κ3) is 4.16. The number of rotatable bonds is 5. The molecule has 1 N–H and O–H groups in total. The van der Waals surface area contributed by atoms with Gasteiger partial charge in [-0.05, 0) is 83.3 Å². The summed E-state index contributed by atoms with van der Waals surface area (Å²) in [6.45, 7) is 2.30. The Morgan fingerprint density at radius 1 is 1.13 bits per heavy atom. The van der Waals surface area contributed by atoms with E-state index in [-0.39, 0.29) is 17.4 Å². The molecule has 0 amide bonds. The minimum absolute atomic E-state index is 0.101. The first kappa shape index (κ1) is 24.9. The SMILES string of the molecule is CCOc1cc(C=c2sc3n(c2=O)C(c2ccccc2OC)C2=C(N=3)c3ccccc3CC2)cc(I)c1O. The second kappa shape index (κ2) is 10.1. The number of nitrogens with zero attached hydrogens (tertiary/aromatic N) is 2. The molecule has 0 bridgehead atoms. The van der Waals surface area contributed by atoms with E-state index in [0.29, 0.717) is 25.3 Å². The number of thiazole rings is 1. The van der Waals surface area contributed by atoms with E-state index in [1.807, 2.05) is 54.0 Å². The Kier molecular flexibility index (Phi) is 6.61. The molecule has 1 atom stereocenters. The summed E-state index contributed by atoms with van der Waals surface area (Å²) in [5, 5.41) is 10.4. The van der Waals surface area contributed by atoms with Crippen molar-refractivity contribution in [2.24, 2.45) is 4.99 Å². The monoisotopic (exact) mass is 636 g/mol. The van der Waals surface area contributed by atoms with Gasteiger partial charge in [0.15, 0.2) is 16.3 Å². The number of ether oxygens (including phenoxy) is 2. The van der Waals surface area contributed by atoms with Gasteiger partial charge in [-0.15, -0.1) is 0 Å². The fourth-order valence-electron chi connectivity index (χ4n) is 5.29. The van der Waals surface area contributed by atoms with Crippen molar-refractivity contribution in [2.45, 2.75) is 25.8 Å². The predicted molar refractivity (Wildman–Crippen MR) is 158 cm³/mol. The van der Waals surface area contributed by atoms with Crippen molar-refractivity contribution < 1.29 is 14.6 Å². The number of benzene rings is 3. The summed E-state index contributed by atoms with van der Waals surface area (Å²) in [7, 11) is 1.66. The second-order valence-corrected chi connectivity index (χ2v) is 11.3. The lowest BCUT2D eigenvalue weighted by Crippen LogP contribution is -2.39. The normalized spacial score (nSPS) is 16.4. The maximum Gasteiger partial charge on any atom is 0.271 e. The Morgan fingerprint density at radius 3 is 2.74 bits per heavy atom. The number of para-hydroxylation sites is 1. The molecule has 1 unspecified atom stereocenters. The molecule has 4 aromatic rings. The Bertz CT molecular complexity index is 1790. The van der Waals surface area contributed by atoms with E-state index in [1.165, 1.54) is 16.9 Å². The van der Waals surface area contributed by atoms with E-state index in [0.717, 1.165) is 46.6 Å². The highest BCUT2D eigenvalue weighted by atomic mass is 127. The molecule has 0 saturated carbocycles. The molecule has 8 heteroatoms. The number of hydrogen-bond acceptors (Lipinski definition) is 6. The Hall–Kier alpha value is -3.37. The van der Waals surface area contributed by atoms with Gasteiger partial charge in [0.2, 0.25) is 0 Å². The maximum absolute atomic E-state index is 14.0. The van der Waals surface area contributed by atoms with Crippen molar-refractivity contribution in [3.05, 3.63) is 112 Å². The lowest BCUT2D eigenvalue weighted by molar-refractivity contribution is 0.317. The second-order valence-electron chi connectivity index (χ2n) is 9.14. The smallest absolute Gasteiger partial charge is 0.271 e. The number of aromatic hydroxyl groups is 1. The average Bonchev–Trinajstić information content (AvgIpc) is 3.24. The third-order valence-electron chi connectivity index (χ3n) is 6.95. The molecule has 0 radical (unpaired) electrons. The number of aromatic nitrogens is 1. The van der Waals surface area contributed by atoms with Gasteiger partial charge in [-0.1, -0.05) is 53.8 Å². The molecule has 2 heterocycles. The quantitative estimate of drug-likeness (QED) is 0.312. The van der Waals surface area contributed by atoms with Crippen molar-refractivity contribution >= 4 is 45.7 Å². The van der Waals surface area contributed by atoms with Crippen LogP contribution in [0.15, 0.2) is 76.0 Å². The van der Waals surface area contributed by atoms with Gasteiger partial charge >= 0.3 is 0 Å². The highest BCUT2D eigenvalue weighted by molar-refractivity contribution is 14.1. The van der Waals surface area contributed by atoms with Crippen LogP contribution < -0.4 is 24.4 Å². The molecule has 6 rings (SSSR count). The number of allylic oxidation sites excluding steroid dienone is 1. The summed E-state index contributed by atoms with van der Waals surface area (Å²) in [5.74, 6) is 1.25. The molecule has 1 aliphatic heterocycles. The van der Waals surface area contributed by atoms with Gasteiger partial charge in [0.1, 0.15) is 5.75 Å². The Morgan fingerprint density at radius 2 is 1.92 bits per heavy atom. The summed E-state index contributed by atoms with van der Waals surface area (Å²) in [4.78, 5) is 19.8. The summed E-state index contributed by atoms with van der Waals surface area (Å²) >= 11 is 3.45. The van der Waals surface area contributed by atoms with Crippen LogP contribution in [0.1, 0.15) is 41.6 Å². The van der Waals surface area contributed by atoms with Crippen LogP contribution in [0, 0.1) is 3.57 Å². The highest BCUT2D eigenvalue weighted by Crippen LogP contribution is 2.43. The number of fused-ring (bicyclic) bond motifs is 3. The van der Waals surface area contributed by atoms with Crippen molar-refractivity contribution in [1.82, 2.24) is 4.57 Å².